The third-order valence-corrected chi connectivity index (χ3v) is 4.72. The second-order valence-electron chi connectivity index (χ2n) is 5.81. The highest BCUT2D eigenvalue weighted by atomic mass is 32.2. The number of hydrogen-bond acceptors (Lipinski definition) is 4. The molecule has 0 aliphatic heterocycles. The number of aromatic nitrogens is 1. The van der Waals surface area contributed by atoms with Crippen molar-refractivity contribution in [2.24, 2.45) is 0 Å². The maximum absolute atomic E-state index is 12.5. The smallest absolute Gasteiger partial charge is 0.248 e. The predicted octanol–water partition coefficient (Wildman–Crippen LogP) is 2.49. The molecule has 0 fully saturated rings. The summed E-state index contributed by atoms with van der Waals surface area (Å²) >= 11 is 0. The van der Waals surface area contributed by atoms with Crippen LogP contribution in [0.4, 0.5) is 11.4 Å². The van der Waals surface area contributed by atoms with Gasteiger partial charge >= 0.3 is 0 Å². The van der Waals surface area contributed by atoms with E-state index < -0.39 is 22.0 Å². The molecule has 0 bridgehead atoms. The van der Waals surface area contributed by atoms with Crippen molar-refractivity contribution >= 4 is 27.3 Å². The zero-order valence-electron chi connectivity index (χ0n) is 14.1. The number of carbonyl (C=O) groups excluding carboxylic acids is 1. The first-order valence-electron chi connectivity index (χ1n) is 7.47. The van der Waals surface area contributed by atoms with Crippen molar-refractivity contribution in [3.8, 4) is 0 Å². The molecule has 0 saturated heterocycles. The number of nitrogens with one attached hydrogen (secondary N) is 1. The minimum absolute atomic E-state index is 0.424. The second kappa shape index (κ2) is 7.00. The Morgan fingerprint density at radius 3 is 2.33 bits per heavy atom. The first-order valence-corrected chi connectivity index (χ1v) is 9.32. The summed E-state index contributed by atoms with van der Waals surface area (Å²) in [6.45, 7) is 5.33. The molecule has 24 heavy (non-hydrogen) atoms. The van der Waals surface area contributed by atoms with Crippen molar-refractivity contribution in [3.63, 3.8) is 0 Å². The Labute approximate surface area is 142 Å². The van der Waals surface area contributed by atoms with E-state index in [-0.39, 0.29) is 0 Å². The van der Waals surface area contributed by atoms with Crippen molar-refractivity contribution < 1.29 is 13.2 Å². The summed E-state index contributed by atoms with van der Waals surface area (Å²) in [5, 5.41) is 2.69. The van der Waals surface area contributed by atoms with E-state index in [0.29, 0.717) is 11.4 Å². The molecule has 1 amide bonds. The molecule has 1 atom stereocenters. The minimum Gasteiger partial charge on any atom is -0.323 e. The number of amides is 1. The van der Waals surface area contributed by atoms with E-state index >= 15 is 0 Å². The van der Waals surface area contributed by atoms with Gasteiger partial charge in [0, 0.05) is 6.20 Å². The van der Waals surface area contributed by atoms with E-state index in [2.05, 4.69) is 10.3 Å². The zero-order valence-corrected chi connectivity index (χ0v) is 15.0. The van der Waals surface area contributed by atoms with E-state index in [1.165, 1.54) is 6.20 Å². The molecule has 128 valence electrons. The lowest BCUT2D eigenvalue weighted by molar-refractivity contribution is -0.116. The Morgan fingerprint density at radius 2 is 1.83 bits per heavy atom. The van der Waals surface area contributed by atoms with Crippen LogP contribution in [0.15, 0.2) is 42.7 Å². The molecule has 2 aromatic rings. The minimum atomic E-state index is -3.63. The normalized spacial score (nSPS) is 12.5. The molecule has 1 heterocycles. The van der Waals surface area contributed by atoms with Gasteiger partial charge in [0.25, 0.3) is 0 Å². The Hall–Kier alpha value is -2.41. The van der Waals surface area contributed by atoms with E-state index in [1.54, 1.807) is 37.4 Å². The van der Waals surface area contributed by atoms with Gasteiger partial charge in [0.05, 0.1) is 23.8 Å². The van der Waals surface area contributed by atoms with Gasteiger partial charge in [-0.15, -0.1) is 0 Å². The van der Waals surface area contributed by atoms with Gasteiger partial charge < -0.3 is 5.32 Å². The highest BCUT2D eigenvalue weighted by Crippen LogP contribution is 2.24. The number of carbonyl (C=O) groups is 1. The van der Waals surface area contributed by atoms with Gasteiger partial charge in [-0.25, -0.2) is 8.42 Å². The number of rotatable bonds is 5. The zero-order chi connectivity index (χ0) is 17.9. The molecule has 0 saturated carbocycles. The molecule has 0 radical (unpaired) electrons. The van der Waals surface area contributed by atoms with Gasteiger partial charge in [0.1, 0.15) is 6.04 Å². The van der Waals surface area contributed by atoms with Crippen LogP contribution in [-0.4, -0.2) is 31.6 Å². The van der Waals surface area contributed by atoms with Crippen molar-refractivity contribution in [2.45, 2.75) is 26.8 Å². The number of sulfonamides is 1. The number of anilines is 2. The summed E-state index contributed by atoms with van der Waals surface area (Å²) in [5.41, 5.74) is 2.85. The second-order valence-corrected chi connectivity index (χ2v) is 7.67. The summed E-state index contributed by atoms with van der Waals surface area (Å²) in [6, 6.07) is 7.94. The third-order valence-electron chi connectivity index (χ3n) is 3.48. The van der Waals surface area contributed by atoms with Crippen LogP contribution in [0.3, 0.4) is 0 Å². The molecule has 1 N–H and O–H groups in total. The molecule has 1 aromatic heterocycles. The fraction of sp³-hybridized carbons (Fsp3) is 0.294. The van der Waals surface area contributed by atoms with Crippen LogP contribution in [0.2, 0.25) is 0 Å². The first-order chi connectivity index (χ1) is 11.2. The van der Waals surface area contributed by atoms with Crippen LogP contribution >= 0.6 is 0 Å². The van der Waals surface area contributed by atoms with E-state index in [1.807, 2.05) is 19.9 Å². The maximum atomic E-state index is 12.5. The molecular formula is C17H21N3O3S. The number of nitrogens with zero attached hydrogens (tertiary/aromatic N) is 2. The molecule has 7 heteroatoms. The van der Waals surface area contributed by atoms with E-state index in [9.17, 15) is 13.2 Å². The molecule has 0 unspecified atom stereocenters. The molecule has 0 spiro atoms. The topological polar surface area (TPSA) is 79.4 Å². The lowest BCUT2D eigenvalue weighted by Crippen LogP contribution is -2.45. The largest absolute Gasteiger partial charge is 0.323 e. The fourth-order valence-corrected chi connectivity index (χ4v) is 3.73. The SMILES string of the molecule is Cc1cc(C)cc(N([C@@H](C)C(=O)Nc2cccnc2)S(C)(=O)=O)c1. The average molecular weight is 347 g/mol. The highest BCUT2D eigenvalue weighted by Gasteiger charge is 2.29. The lowest BCUT2D eigenvalue weighted by Gasteiger charge is -2.28. The number of pyridine rings is 1. The van der Waals surface area contributed by atoms with Gasteiger partial charge in [-0.3, -0.25) is 14.1 Å². The van der Waals surface area contributed by atoms with Gasteiger partial charge in [0.2, 0.25) is 15.9 Å². The third kappa shape index (κ3) is 4.32. The molecule has 2 rings (SSSR count). The van der Waals surface area contributed by atoms with Crippen LogP contribution < -0.4 is 9.62 Å². The maximum Gasteiger partial charge on any atom is 0.248 e. The standard InChI is InChI=1S/C17H21N3O3S/c1-12-8-13(2)10-16(9-12)20(24(4,22)23)14(3)17(21)19-15-6-5-7-18-11-15/h5-11,14H,1-4H3,(H,19,21)/t14-/m0/s1. The van der Waals surface area contributed by atoms with Gasteiger partial charge in [-0.1, -0.05) is 6.07 Å². The van der Waals surface area contributed by atoms with E-state index in [4.69, 9.17) is 0 Å². The Balaban J connectivity index is 2.36. The predicted molar refractivity (Wildman–Crippen MR) is 95.6 cm³/mol. The summed E-state index contributed by atoms with van der Waals surface area (Å²) in [4.78, 5) is 16.4. The van der Waals surface area contributed by atoms with Gasteiger partial charge in [-0.2, -0.15) is 0 Å². The van der Waals surface area contributed by atoms with Gasteiger partial charge in [0.15, 0.2) is 0 Å². The van der Waals surface area contributed by atoms with Crippen molar-refractivity contribution in [3.05, 3.63) is 53.9 Å². The molecule has 6 nitrogen and oxygen atoms in total. The van der Waals surface area contributed by atoms with Crippen molar-refractivity contribution in [1.29, 1.82) is 0 Å². The molecule has 1 aromatic carbocycles. The van der Waals surface area contributed by atoms with Crippen LogP contribution in [0.25, 0.3) is 0 Å². The summed E-state index contributed by atoms with van der Waals surface area (Å²) in [5.74, 6) is -0.424. The summed E-state index contributed by atoms with van der Waals surface area (Å²) in [7, 11) is -3.63. The molecule has 0 aliphatic rings. The Kier molecular flexibility index (Phi) is 5.23. The monoisotopic (exact) mass is 347 g/mol. The summed E-state index contributed by atoms with van der Waals surface area (Å²) < 4.78 is 25.7. The molecule has 0 aliphatic carbocycles. The number of benzene rings is 1. The summed E-state index contributed by atoms with van der Waals surface area (Å²) in [6.07, 6.45) is 4.20. The van der Waals surface area contributed by atoms with E-state index in [0.717, 1.165) is 21.7 Å². The quantitative estimate of drug-likeness (QED) is 0.901. The first kappa shape index (κ1) is 17.9. The van der Waals surface area contributed by atoms with Crippen LogP contribution in [0.1, 0.15) is 18.1 Å². The van der Waals surface area contributed by atoms with Crippen LogP contribution in [0.5, 0.6) is 0 Å². The molecular weight excluding hydrogens is 326 g/mol. The Bertz CT molecular complexity index is 815. The Morgan fingerprint density at radius 1 is 1.21 bits per heavy atom. The van der Waals surface area contributed by atoms with Crippen molar-refractivity contribution in [2.75, 3.05) is 15.9 Å². The highest BCUT2D eigenvalue weighted by molar-refractivity contribution is 7.92. The van der Waals surface area contributed by atoms with Gasteiger partial charge in [-0.05, 0) is 56.2 Å². The number of aryl methyl sites for hydroxylation is 2. The van der Waals surface area contributed by atoms with Crippen LogP contribution in [-0.2, 0) is 14.8 Å². The average Bonchev–Trinajstić information content (AvgIpc) is 2.45. The van der Waals surface area contributed by atoms with Crippen molar-refractivity contribution in [1.82, 2.24) is 4.98 Å². The number of hydrogen-bond donors (Lipinski definition) is 1. The van der Waals surface area contributed by atoms with Crippen LogP contribution in [0, 0.1) is 13.8 Å². The fourth-order valence-electron chi connectivity index (χ4n) is 2.57. The lowest BCUT2D eigenvalue weighted by atomic mass is 10.1.